The van der Waals surface area contributed by atoms with Crippen molar-refractivity contribution < 1.29 is 8.42 Å². The van der Waals surface area contributed by atoms with Crippen molar-refractivity contribution in [1.82, 2.24) is 14.0 Å². The molecule has 1 aromatic rings. The van der Waals surface area contributed by atoms with Gasteiger partial charge >= 0.3 is 0 Å². The van der Waals surface area contributed by atoms with Crippen molar-refractivity contribution in [2.45, 2.75) is 45.7 Å². The number of hydrogen-bond donors (Lipinski definition) is 1. The number of aryl methyl sites for hydroxylation is 1. The Balaban J connectivity index is 2.26. The topological polar surface area (TPSA) is 62.3 Å². The van der Waals surface area contributed by atoms with Crippen molar-refractivity contribution in [2.75, 3.05) is 7.05 Å². The van der Waals surface area contributed by atoms with E-state index in [1.807, 2.05) is 32.9 Å². The lowest BCUT2D eigenvalue weighted by atomic mass is 10.1. The molecule has 1 atom stereocenters. The molecule has 0 bridgehead atoms. The third-order valence-electron chi connectivity index (χ3n) is 3.82. The minimum atomic E-state index is -3.49. The van der Waals surface area contributed by atoms with Crippen molar-refractivity contribution in [1.29, 1.82) is 0 Å². The van der Waals surface area contributed by atoms with Crippen molar-refractivity contribution in [3.05, 3.63) is 29.6 Å². The maximum atomic E-state index is 12.4. The number of nitrogens with one attached hydrogen (secondary N) is 1. The van der Waals surface area contributed by atoms with E-state index in [0.717, 1.165) is 24.1 Å². The van der Waals surface area contributed by atoms with Crippen molar-refractivity contribution >= 4 is 10.2 Å². The van der Waals surface area contributed by atoms with E-state index < -0.39 is 10.2 Å². The van der Waals surface area contributed by atoms with Crippen LogP contribution in [0.15, 0.2) is 18.3 Å². The molecule has 2 rings (SSSR count). The number of hydrogen-bond acceptors (Lipinski definition) is 3. The molecular weight excluding hydrogens is 274 g/mol. The van der Waals surface area contributed by atoms with Crippen LogP contribution in [0.3, 0.4) is 0 Å². The van der Waals surface area contributed by atoms with Crippen LogP contribution in [0.25, 0.3) is 0 Å². The third-order valence-corrected chi connectivity index (χ3v) is 5.55. The summed E-state index contributed by atoms with van der Waals surface area (Å²) in [7, 11) is -1.89. The summed E-state index contributed by atoms with van der Waals surface area (Å²) >= 11 is 0. The SMILES string of the molecule is Cc1cccnc1C(NS(=O)(=O)N(C)C(C)C)C1CC1. The summed E-state index contributed by atoms with van der Waals surface area (Å²) in [6.45, 7) is 5.69. The maximum absolute atomic E-state index is 12.4. The summed E-state index contributed by atoms with van der Waals surface area (Å²) in [5, 5.41) is 0. The lowest BCUT2D eigenvalue weighted by molar-refractivity contribution is 0.391. The Morgan fingerprint density at radius 1 is 1.40 bits per heavy atom. The second kappa shape index (κ2) is 5.79. The molecule has 0 aromatic carbocycles. The van der Waals surface area contributed by atoms with Gasteiger partial charge in [0, 0.05) is 19.3 Å². The number of aromatic nitrogens is 1. The van der Waals surface area contributed by atoms with Gasteiger partial charge in [-0.1, -0.05) is 6.07 Å². The molecule has 1 aromatic heterocycles. The summed E-state index contributed by atoms with van der Waals surface area (Å²) in [4.78, 5) is 4.38. The fourth-order valence-corrected chi connectivity index (χ4v) is 3.50. The molecule has 0 radical (unpaired) electrons. The van der Waals surface area contributed by atoms with Gasteiger partial charge in [0.2, 0.25) is 0 Å². The van der Waals surface area contributed by atoms with Gasteiger partial charge in [-0.15, -0.1) is 0 Å². The highest BCUT2D eigenvalue weighted by molar-refractivity contribution is 7.87. The molecule has 1 aliphatic carbocycles. The Hall–Kier alpha value is -0.980. The van der Waals surface area contributed by atoms with Crippen LogP contribution in [-0.4, -0.2) is 30.8 Å². The van der Waals surface area contributed by atoms with E-state index in [1.54, 1.807) is 13.2 Å². The molecular formula is C14H23N3O2S. The number of nitrogens with zero attached hydrogens (tertiary/aromatic N) is 2. The zero-order valence-electron chi connectivity index (χ0n) is 12.5. The molecule has 20 heavy (non-hydrogen) atoms. The summed E-state index contributed by atoms with van der Waals surface area (Å²) in [6.07, 6.45) is 3.82. The minimum Gasteiger partial charge on any atom is -0.259 e. The molecule has 0 saturated heterocycles. The second-order valence-electron chi connectivity index (χ2n) is 5.75. The van der Waals surface area contributed by atoms with Crippen molar-refractivity contribution in [2.24, 2.45) is 5.92 Å². The smallest absolute Gasteiger partial charge is 0.259 e. The lowest BCUT2D eigenvalue weighted by Gasteiger charge is -2.26. The van der Waals surface area contributed by atoms with E-state index in [4.69, 9.17) is 0 Å². The maximum Gasteiger partial charge on any atom is 0.280 e. The Labute approximate surface area is 121 Å². The molecule has 112 valence electrons. The van der Waals surface area contributed by atoms with Crippen LogP contribution in [0.4, 0.5) is 0 Å². The van der Waals surface area contributed by atoms with Gasteiger partial charge in [0.15, 0.2) is 0 Å². The van der Waals surface area contributed by atoms with Crippen LogP contribution in [0, 0.1) is 12.8 Å². The van der Waals surface area contributed by atoms with Gasteiger partial charge in [-0.3, -0.25) is 4.98 Å². The molecule has 6 heteroatoms. The monoisotopic (exact) mass is 297 g/mol. The first-order valence-corrected chi connectivity index (χ1v) is 8.43. The van der Waals surface area contributed by atoms with E-state index in [2.05, 4.69) is 9.71 Å². The molecule has 1 fully saturated rings. The highest BCUT2D eigenvalue weighted by atomic mass is 32.2. The van der Waals surface area contributed by atoms with Gasteiger partial charge in [0.25, 0.3) is 10.2 Å². The first-order chi connectivity index (χ1) is 9.33. The fourth-order valence-electron chi connectivity index (χ4n) is 2.15. The quantitative estimate of drug-likeness (QED) is 0.873. The average molecular weight is 297 g/mol. The molecule has 5 nitrogen and oxygen atoms in total. The molecule has 1 saturated carbocycles. The lowest BCUT2D eigenvalue weighted by Crippen LogP contribution is -2.44. The van der Waals surface area contributed by atoms with E-state index in [9.17, 15) is 8.42 Å². The van der Waals surface area contributed by atoms with Crippen LogP contribution in [0.2, 0.25) is 0 Å². The van der Waals surface area contributed by atoms with E-state index >= 15 is 0 Å². The van der Waals surface area contributed by atoms with Crippen LogP contribution in [0.5, 0.6) is 0 Å². The summed E-state index contributed by atoms with van der Waals surface area (Å²) in [5.41, 5.74) is 1.87. The Bertz CT molecular complexity index is 568. The third kappa shape index (κ3) is 3.37. The predicted octanol–water partition coefficient (Wildman–Crippen LogP) is 2.02. The second-order valence-corrected chi connectivity index (χ2v) is 7.52. The normalized spacial score (nSPS) is 17.7. The van der Waals surface area contributed by atoms with Gasteiger partial charge in [0.05, 0.1) is 11.7 Å². The molecule has 0 amide bonds. The molecule has 0 spiro atoms. The Morgan fingerprint density at radius 2 is 2.05 bits per heavy atom. The molecule has 1 aliphatic rings. The van der Waals surface area contributed by atoms with Gasteiger partial charge in [-0.2, -0.15) is 17.4 Å². The number of pyridine rings is 1. The van der Waals surface area contributed by atoms with Crippen molar-refractivity contribution in [3.8, 4) is 0 Å². The average Bonchev–Trinajstić information content (AvgIpc) is 3.20. The summed E-state index contributed by atoms with van der Waals surface area (Å²) in [6, 6.07) is 3.55. The standard InChI is InChI=1S/C14H23N3O2S/c1-10(2)17(4)20(18,19)16-14(12-7-8-12)13-11(3)6-5-9-15-13/h5-6,9-10,12,14,16H,7-8H2,1-4H3. The van der Waals surface area contributed by atoms with Crippen LogP contribution < -0.4 is 4.72 Å². The van der Waals surface area contributed by atoms with Crippen molar-refractivity contribution in [3.63, 3.8) is 0 Å². The van der Waals surface area contributed by atoms with Gasteiger partial charge in [0.1, 0.15) is 0 Å². The minimum absolute atomic E-state index is 0.0721. The fraction of sp³-hybridized carbons (Fsp3) is 0.643. The zero-order valence-corrected chi connectivity index (χ0v) is 13.3. The van der Waals surface area contributed by atoms with Gasteiger partial charge in [-0.05, 0) is 51.2 Å². The van der Waals surface area contributed by atoms with E-state index in [0.29, 0.717) is 5.92 Å². The Kier molecular flexibility index (Phi) is 4.46. The molecule has 1 heterocycles. The largest absolute Gasteiger partial charge is 0.280 e. The molecule has 0 aliphatic heterocycles. The van der Waals surface area contributed by atoms with E-state index in [1.165, 1.54) is 4.31 Å². The van der Waals surface area contributed by atoms with Crippen LogP contribution in [-0.2, 0) is 10.2 Å². The highest BCUT2D eigenvalue weighted by Gasteiger charge is 2.37. The highest BCUT2D eigenvalue weighted by Crippen LogP contribution is 2.41. The van der Waals surface area contributed by atoms with Crippen LogP contribution in [0.1, 0.15) is 44.0 Å². The molecule has 1 unspecified atom stereocenters. The Morgan fingerprint density at radius 3 is 2.55 bits per heavy atom. The number of rotatable bonds is 6. The first kappa shape index (κ1) is 15.4. The zero-order chi connectivity index (χ0) is 14.9. The summed E-state index contributed by atoms with van der Waals surface area (Å²) in [5.74, 6) is 0.360. The predicted molar refractivity (Wildman–Crippen MR) is 79.4 cm³/mol. The first-order valence-electron chi connectivity index (χ1n) is 6.99. The van der Waals surface area contributed by atoms with Crippen LogP contribution >= 0.6 is 0 Å². The van der Waals surface area contributed by atoms with Gasteiger partial charge in [-0.25, -0.2) is 0 Å². The molecule has 1 N–H and O–H groups in total. The van der Waals surface area contributed by atoms with Gasteiger partial charge < -0.3 is 0 Å². The van der Waals surface area contributed by atoms with E-state index in [-0.39, 0.29) is 12.1 Å². The summed E-state index contributed by atoms with van der Waals surface area (Å²) < 4.78 is 29.0.